The number of hydrogen-bond donors (Lipinski definition) is 3. The van der Waals surface area contributed by atoms with Gasteiger partial charge >= 0.3 is 0 Å². The smallest absolute Gasteiger partial charge is 0.220 e. The minimum Gasteiger partial charge on any atom is -0.494 e. The highest BCUT2D eigenvalue weighted by Crippen LogP contribution is 2.34. The van der Waals surface area contributed by atoms with Crippen LogP contribution in [0.3, 0.4) is 0 Å². The van der Waals surface area contributed by atoms with E-state index in [1.54, 1.807) is 0 Å². The Morgan fingerprint density at radius 2 is 2.03 bits per heavy atom. The van der Waals surface area contributed by atoms with Crippen molar-refractivity contribution in [2.24, 2.45) is 5.10 Å². The average Bonchev–Trinajstić information content (AvgIpc) is 3.47. The predicted octanol–water partition coefficient (Wildman–Crippen LogP) is 2.84. The van der Waals surface area contributed by atoms with Crippen molar-refractivity contribution in [1.29, 1.82) is 0 Å². The Balaban J connectivity index is 1.24. The van der Waals surface area contributed by atoms with E-state index in [2.05, 4.69) is 68.6 Å². The van der Waals surface area contributed by atoms with Crippen molar-refractivity contribution in [3.05, 3.63) is 42.2 Å². The lowest BCUT2D eigenvalue weighted by Crippen LogP contribution is -2.54. The van der Waals surface area contributed by atoms with Crippen molar-refractivity contribution >= 4 is 11.7 Å². The van der Waals surface area contributed by atoms with E-state index in [0.717, 1.165) is 43.9 Å². The van der Waals surface area contributed by atoms with Crippen molar-refractivity contribution in [3.63, 3.8) is 0 Å². The molecule has 3 aliphatic heterocycles. The second-order valence-electron chi connectivity index (χ2n) is 8.87. The van der Waals surface area contributed by atoms with Crippen LogP contribution in [0.5, 0.6) is 5.75 Å². The van der Waals surface area contributed by atoms with Crippen LogP contribution in [0.25, 0.3) is 0 Å². The van der Waals surface area contributed by atoms with Gasteiger partial charge in [0.05, 0.1) is 18.7 Å². The largest absolute Gasteiger partial charge is 0.494 e. The highest BCUT2D eigenvalue weighted by molar-refractivity contribution is 5.89. The summed E-state index contributed by atoms with van der Waals surface area (Å²) in [6, 6.07) is 8.88. The maximum Gasteiger partial charge on any atom is 0.220 e. The molecular formula is C25H38N6O3. The normalized spacial score (nSPS) is 22.8. The van der Waals surface area contributed by atoms with Crippen molar-refractivity contribution in [2.75, 3.05) is 26.4 Å². The average molecular weight is 471 g/mol. The first-order valence-electron chi connectivity index (χ1n) is 12.6. The minimum atomic E-state index is 0.0509. The van der Waals surface area contributed by atoms with Crippen molar-refractivity contribution in [3.8, 4) is 5.75 Å². The molecule has 3 unspecified atom stereocenters. The molecule has 9 nitrogen and oxygen atoms in total. The Kier molecular flexibility index (Phi) is 8.65. The Morgan fingerprint density at radius 1 is 1.18 bits per heavy atom. The number of carbonyl (C=O) groups excluding carboxylic acids is 1. The summed E-state index contributed by atoms with van der Waals surface area (Å²) >= 11 is 0. The molecule has 1 aromatic carbocycles. The zero-order valence-corrected chi connectivity index (χ0v) is 20.3. The second kappa shape index (κ2) is 12.1. The van der Waals surface area contributed by atoms with Gasteiger partial charge in [-0.1, -0.05) is 25.5 Å². The lowest BCUT2D eigenvalue weighted by Gasteiger charge is -2.37. The Morgan fingerprint density at radius 3 is 2.82 bits per heavy atom. The molecule has 3 N–H and O–H groups in total. The van der Waals surface area contributed by atoms with Gasteiger partial charge in [-0.2, -0.15) is 5.10 Å². The zero-order chi connectivity index (χ0) is 23.8. The molecule has 186 valence electrons. The summed E-state index contributed by atoms with van der Waals surface area (Å²) in [5.41, 5.74) is 8.15. The molecule has 1 amide bonds. The maximum atomic E-state index is 12.2. The van der Waals surface area contributed by atoms with Crippen molar-refractivity contribution < 1.29 is 14.3 Å². The predicted molar refractivity (Wildman–Crippen MR) is 132 cm³/mol. The summed E-state index contributed by atoms with van der Waals surface area (Å²) in [6.07, 6.45) is 9.19. The van der Waals surface area contributed by atoms with Gasteiger partial charge in [0, 0.05) is 45.0 Å². The summed E-state index contributed by atoms with van der Waals surface area (Å²) in [4.78, 5) is 14.3. The van der Waals surface area contributed by atoms with Crippen LogP contribution >= 0.6 is 0 Å². The first kappa shape index (κ1) is 24.3. The molecule has 3 heterocycles. The highest BCUT2D eigenvalue weighted by Gasteiger charge is 2.44. The first-order valence-corrected chi connectivity index (χ1v) is 12.6. The van der Waals surface area contributed by atoms with Crippen LogP contribution in [-0.2, 0) is 9.53 Å². The number of amides is 1. The van der Waals surface area contributed by atoms with Gasteiger partial charge in [0.2, 0.25) is 5.91 Å². The molecule has 1 fully saturated rings. The number of hydrazone groups is 1. The Bertz CT molecular complexity index is 859. The fourth-order valence-corrected chi connectivity index (χ4v) is 4.52. The second-order valence-corrected chi connectivity index (χ2v) is 8.87. The molecule has 0 spiro atoms. The van der Waals surface area contributed by atoms with Crippen LogP contribution in [0, 0.1) is 0 Å². The summed E-state index contributed by atoms with van der Waals surface area (Å²) in [6.45, 7) is 6.93. The van der Waals surface area contributed by atoms with E-state index in [-0.39, 0.29) is 24.2 Å². The lowest BCUT2D eigenvalue weighted by molar-refractivity contribution is -0.121. The maximum absolute atomic E-state index is 12.2. The number of amidine groups is 1. The topological polar surface area (TPSA) is 90.5 Å². The van der Waals surface area contributed by atoms with Gasteiger partial charge in [-0.25, -0.2) is 5.43 Å². The summed E-state index contributed by atoms with van der Waals surface area (Å²) < 4.78 is 11.1. The summed E-state index contributed by atoms with van der Waals surface area (Å²) in [5, 5.41) is 9.68. The monoisotopic (exact) mass is 470 g/mol. The third-order valence-corrected chi connectivity index (χ3v) is 6.43. The fraction of sp³-hybridized carbons (Fsp3) is 0.600. The quantitative estimate of drug-likeness (QED) is 0.382. The van der Waals surface area contributed by atoms with Crippen LogP contribution in [0.4, 0.5) is 0 Å². The fourth-order valence-electron chi connectivity index (χ4n) is 4.52. The van der Waals surface area contributed by atoms with E-state index in [1.165, 1.54) is 5.56 Å². The number of nitrogens with one attached hydrogen (secondary N) is 3. The third kappa shape index (κ3) is 6.01. The van der Waals surface area contributed by atoms with Crippen molar-refractivity contribution in [2.45, 2.75) is 70.6 Å². The Hall–Kier alpha value is -2.78. The molecule has 0 aromatic heterocycles. The number of hydrazine groups is 1. The molecule has 0 saturated carbocycles. The number of carbonyl (C=O) groups is 1. The first-order chi connectivity index (χ1) is 16.7. The molecular weight excluding hydrogens is 432 g/mol. The third-order valence-electron chi connectivity index (χ3n) is 6.43. The van der Waals surface area contributed by atoms with Gasteiger partial charge in [0.1, 0.15) is 17.8 Å². The SMILES string of the molecule is CCCCOc1ccc(C2CC3C4NN=C(CCC(=O)NCCCOCC)N4C=CN3N2)cc1. The van der Waals surface area contributed by atoms with Gasteiger partial charge in [-0.05, 0) is 43.9 Å². The van der Waals surface area contributed by atoms with E-state index < -0.39 is 0 Å². The molecule has 0 radical (unpaired) electrons. The summed E-state index contributed by atoms with van der Waals surface area (Å²) in [7, 11) is 0. The van der Waals surface area contributed by atoms with E-state index in [0.29, 0.717) is 32.6 Å². The molecule has 34 heavy (non-hydrogen) atoms. The number of fused-ring (bicyclic) bond motifs is 3. The standard InChI is InChI=1S/C25H38N6O3/c1-3-5-17-34-20-9-7-19(8-10-20)21-18-22-25-28-27-23(30(25)14-15-31(22)29-21)11-12-24(32)26-13-6-16-33-4-2/h7-10,14-15,21-22,25,28-29H,3-6,11-13,16-18H2,1-2H3,(H,26,32). The van der Waals surface area contributed by atoms with E-state index in [9.17, 15) is 4.79 Å². The number of rotatable bonds is 13. The van der Waals surface area contributed by atoms with Crippen LogP contribution < -0.4 is 20.9 Å². The number of ether oxygens (including phenoxy) is 2. The van der Waals surface area contributed by atoms with Crippen LogP contribution in [0.2, 0.25) is 0 Å². The highest BCUT2D eigenvalue weighted by atomic mass is 16.5. The number of hydrogen-bond acceptors (Lipinski definition) is 8. The van der Waals surface area contributed by atoms with Gasteiger partial charge < -0.3 is 24.7 Å². The van der Waals surface area contributed by atoms with E-state index >= 15 is 0 Å². The van der Waals surface area contributed by atoms with E-state index in [1.807, 2.05) is 13.1 Å². The number of benzene rings is 1. The van der Waals surface area contributed by atoms with Gasteiger partial charge in [0.25, 0.3) is 0 Å². The molecule has 0 bridgehead atoms. The minimum absolute atomic E-state index is 0.0509. The van der Waals surface area contributed by atoms with E-state index in [4.69, 9.17) is 9.47 Å². The summed E-state index contributed by atoms with van der Waals surface area (Å²) in [5.74, 6) is 1.88. The number of nitrogens with zero attached hydrogens (tertiary/aromatic N) is 3. The van der Waals surface area contributed by atoms with Gasteiger partial charge in [-0.15, -0.1) is 0 Å². The lowest BCUT2D eigenvalue weighted by atomic mass is 9.99. The Labute approximate surface area is 202 Å². The van der Waals surface area contributed by atoms with Gasteiger partial charge in [0.15, 0.2) is 0 Å². The zero-order valence-electron chi connectivity index (χ0n) is 20.3. The molecule has 9 heteroatoms. The van der Waals surface area contributed by atoms with Crippen molar-refractivity contribution in [1.82, 2.24) is 26.1 Å². The van der Waals surface area contributed by atoms with Crippen LogP contribution in [0.1, 0.15) is 64.0 Å². The molecule has 1 saturated heterocycles. The molecule has 1 aromatic rings. The molecule has 3 aliphatic rings. The number of unbranched alkanes of at least 4 members (excludes halogenated alkanes) is 1. The molecule has 4 rings (SSSR count). The van der Waals surface area contributed by atoms with Crippen LogP contribution in [-0.4, -0.2) is 60.2 Å². The molecule has 0 aliphatic carbocycles. The molecule has 3 atom stereocenters. The van der Waals surface area contributed by atoms with Crippen LogP contribution in [0.15, 0.2) is 41.8 Å². The van der Waals surface area contributed by atoms with Gasteiger partial charge in [-0.3, -0.25) is 10.2 Å².